The molecule has 0 saturated heterocycles. The molecule has 0 aliphatic carbocycles. The highest BCUT2D eigenvalue weighted by atomic mass is 16.5. The first kappa shape index (κ1) is 19.0. The quantitative estimate of drug-likeness (QED) is 0.639. The number of hydrogen-bond donors (Lipinski definition) is 0. The fraction of sp³-hybridized carbons (Fsp3) is 0.364. The van der Waals surface area contributed by atoms with Gasteiger partial charge < -0.3 is 14.0 Å². The summed E-state index contributed by atoms with van der Waals surface area (Å²) in [5.74, 6) is 2.21. The van der Waals surface area contributed by atoms with Crippen molar-refractivity contribution >= 4 is 11.4 Å². The van der Waals surface area contributed by atoms with Crippen LogP contribution in [0.4, 0.5) is 0 Å². The van der Waals surface area contributed by atoms with Crippen LogP contribution in [0, 0.1) is 5.92 Å². The summed E-state index contributed by atoms with van der Waals surface area (Å²) in [6.07, 6.45) is 3.61. The molecule has 2 heterocycles. The van der Waals surface area contributed by atoms with E-state index in [0.717, 1.165) is 29.9 Å². The molecule has 5 nitrogen and oxygen atoms in total. The van der Waals surface area contributed by atoms with Crippen LogP contribution in [0.2, 0.25) is 0 Å². The summed E-state index contributed by atoms with van der Waals surface area (Å²) in [4.78, 5) is 19.4. The molecule has 0 aliphatic heterocycles. The summed E-state index contributed by atoms with van der Waals surface area (Å²) in [6.45, 7) is 4.95. The second-order valence-corrected chi connectivity index (χ2v) is 7.26. The van der Waals surface area contributed by atoms with Crippen molar-refractivity contribution < 1.29 is 9.53 Å². The zero-order valence-corrected chi connectivity index (χ0v) is 16.5. The molecule has 3 aromatic rings. The summed E-state index contributed by atoms with van der Waals surface area (Å²) < 4.78 is 7.22. The van der Waals surface area contributed by atoms with Crippen molar-refractivity contribution in [2.45, 2.75) is 26.7 Å². The van der Waals surface area contributed by atoms with Crippen molar-refractivity contribution in [3.63, 3.8) is 0 Å². The van der Waals surface area contributed by atoms with Crippen LogP contribution in [-0.2, 0) is 12.8 Å². The van der Waals surface area contributed by atoms with E-state index in [1.54, 1.807) is 12.0 Å². The Kier molecular flexibility index (Phi) is 5.79. The highest BCUT2D eigenvalue weighted by Crippen LogP contribution is 2.18. The Hall–Kier alpha value is -2.82. The van der Waals surface area contributed by atoms with Crippen molar-refractivity contribution in [1.29, 1.82) is 0 Å². The van der Waals surface area contributed by atoms with E-state index in [1.165, 1.54) is 5.56 Å². The molecule has 27 heavy (non-hydrogen) atoms. The Balaban J connectivity index is 1.76. The van der Waals surface area contributed by atoms with Crippen LogP contribution in [-0.4, -0.2) is 40.9 Å². The molecule has 0 radical (unpaired) electrons. The van der Waals surface area contributed by atoms with Crippen LogP contribution in [0.15, 0.2) is 48.7 Å². The minimum absolute atomic E-state index is 0.0396. The summed E-state index contributed by atoms with van der Waals surface area (Å²) in [5, 5.41) is 0. The van der Waals surface area contributed by atoms with Crippen LogP contribution in [0.5, 0.6) is 5.75 Å². The molecule has 5 heteroatoms. The van der Waals surface area contributed by atoms with Gasteiger partial charge in [-0.2, -0.15) is 0 Å². The van der Waals surface area contributed by atoms with Gasteiger partial charge in [-0.1, -0.05) is 32.0 Å². The summed E-state index contributed by atoms with van der Waals surface area (Å²) >= 11 is 0. The fourth-order valence-electron chi connectivity index (χ4n) is 3.14. The number of amides is 1. The van der Waals surface area contributed by atoms with E-state index in [4.69, 9.17) is 4.74 Å². The van der Waals surface area contributed by atoms with E-state index in [-0.39, 0.29) is 5.91 Å². The lowest BCUT2D eigenvalue weighted by molar-refractivity contribution is 0.0793. The highest BCUT2D eigenvalue weighted by Gasteiger charge is 2.20. The number of ether oxygens (including phenoxy) is 1. The molecule has 0 saturated carbocycles. The Bertz CT molecular complexity index is 913. The number of methoxy groups -OCH3 is 1. The summed E-state index contributed by atoms with van der Waals surface area (Å²) in [7, 11) is 3.49. The maximum absolute atomic E-state index is 13.0. The predicted octanol–water partition coefficient (Wildman–Crippen LogP) is 3.86. The number of pyridine rings is 1. The van der Waals surface area contributed by atoms with Crippen molar-refractivity contribution in [1.82, 2.24) is 14.3 Å². The van der Waals surface area contributed by atoms with Gasteiger partial charge in [0, 0.05) is 26.2 Å². The number of nitrogens with zero attached hydrogens (tertiary/aromatic N) is 3. The maximum atomic E-state index is 13.0. The van der Waals surface area contributed by atoms with E-state index in [0.29, 0.717) is 18.2 Å². The van der Waals surface area contributed by atoms with Crippen LogP contribution >= 0.6 is 0 Å². The smallest absolute Gasteiger partial charge is 0.274 e. The van der Waals surface area contributed by atoms with E-state index >= 15 is 0 Å². The largest absolute Gasteiger partial charge is 0.497 e. The van der Waals surface area contributed by atoms with Crippen LogP contribution in [0.3, 0.4) is 0 Å². The first-order valence-electron chi connectivity index (χ1n) is 9.34. The molecule has 0 bridgehead atoms. The van der Waals surface area contributed by atoms with Crippen molar-refractivity contribution in [2.75, 3.05) is 20.7 Å². The lowest BCUT2D eigenvalue weighted by atomic mass is 10.1. The Morgan fingerprint density at radius 2 is 1.93 bits per heavy atom. The fourth-order valence-corrected chi connectivity index (χ4v) is 3.14. The molecular weight excluding hydrogens is 338 g/mol. The molecule has 0 fully saturated rings. The zero-order valence-electron chi connectivity index (χ0n) is 16.5. The lowest BCUT2D eigenvalue weighted by Gasteiger charge is -2.16. The number of benzene rings is 1. The third-order valence-electron chi connectivity index (χ3n) is 4.66. The minimum atomic E-state index is -0.0396. The average Bonchev–Trinajstić information content (AvgIpc) is 3.04. The molecule has 142 valence electrons. The Morgan fingerprint density at radius 3 is 2.59 bits per heavy atom. The van der Waals surface area contributed by atoms with Crippen LogP contribution in [0.1, 0.15) is 35.7 Å². The van der Waals surface area contributed by atoms with Gasteiger partial charge in [-0.15, -0.1) is 0 Å². The van der Waals surface area contributed by atoms with Crippen LogP contribution < -0.4 is 4.74 Å². The van der Waals surface area contributed by atoms with Gasteiger partial charge in [0.05, 0.1) is 12.6 Å². The Morgan fingerprint density at radius 1 is 1.19 bits per heavy atom. The number of imidazole rings is 1. The van der Waals surface area contributed by atoms with Crippen molar-refractivity contribution in [2.24, 2.45) is 5.92 Å². The molecule has 2 aromatic heterocycles. The number of fused-ring (bicyclic) bond motifs is 1. The molecule has 0 atom stereocenters. The number of carbonyl (C=O) groups is 1. The van der Waals surface area contributed by atoms with Gasteiger partial charge >= 0.3 is 0 Å². The van der Waals surface area contributed by atoms with Gasteiger partial charge in [-0.05, 0) is 42.2 Å². The maximum Gasteiger partial charge on any atom is 0.274 e. The van der Waals surface area contributed by atoms with Gasteiger partial charge in [-0.3, -0.25) is 4.79 Å². The zero-order chi connectivity index (χ0) is 19.4. The summed E-state index contributed by atoms with van der Waals surface area (Å²) in [5.41, 5.74) is 2.57. The highest BCUT2D eigenvalue weighted by molar-refractivity contribution is 5.99. The van der Waals surface area contributed by atoms with Crippen molar-refractivity contribution in [3.8, 4) is 5.75 Å². The molecule has 0 N–H and O–H groups in total. The predicted molar refractivity (Wildman–Crippen MR) is 107 cm³/mol. The first-order valence-corrected chi connectivity index (χ1v) is 9.34. The third kappa shape index (κ3) is 4.30. The first-order chi connectivity index (χ1) is 13.0. The average molecular weight is 365 g/mol. The van der Waals surface area contributed by atoms with Crippen molar-refractivity contribution in [3.05, 3.63) is 65.7 Å². The molecule has 1 amide bonds. The molecular formula is C22H27N3O2. The molecule has 0 unspecified atom stereocenters. The number of likely N-dealkylation sites (N-methyl/N-ethyl adjacent to an activating group) is 1. The molecule has 3 rings (SSSR count). The monoisotopic (exact) mass is 365 g/mol. The van der Waals surface area contributed by atoms with E-state index < -0.39 is 0 Å². The number of hydrogen-bond acceptors (Lipinski definition) is 3. The van der Waals surface area contributed by atoms with Gasteiger partial charge in [0.1, 0.15) is 11.6 Å². The SMILES string of the molecule is COc1ccc(CCN(C)C(=O)c2nc(CC(C)C)n3ccccc23)cc1. The molecule has 1 aromatic carbocycles. The van der Waals surface area contributed by atoms with Gasteiger partial charge in [0.25, 0.3) is 5.91 Å². The normalized spacial score (nSPS) is 11.1. The van der Waals surface area contributed by atoms with Gasteiger partial charge in [0.2, 0.25) is 0 Å². The van der Waals surface area contributed by atoms with Crippen LogP contribution in [0.25, 0.3) is 5.52 Å². The van der Waals surface area contributed by atoms with E-state index in [1.807, 2.05) is 60.1 Å². The molecule has 0 spiro atoms. The van der Waals surface area contributed by atoms with Gasteiger partial charge in [-0.25, -0.2) is 4.98 Å². The van der Waals surface area contributed by atoms with E-state index in [9.17, 15) is 4.79 Å². The number of aromatic nitrogens is 2. The van der Waals surface area contributed by atoms with E-state index in [2.05, 4.69) is 18.8 Å². The second-order valence-electron chi connectivity index (χ2n) is 7.26. The topological polar surface area (TPSA) is 46.8 Å². The number of carbonyl (C=O) groups excluding carboxylic acids is 1. The second kappa shape index (κ2) is 8.25. The Labute approximate surface area is 160 Å². The lowest BCUT2D eigenvalue weighted by Crippen LogP contribution is -2.29. The number of rotatable bonds is 7. The minimum Gasteiger partial charge on any atom is -0.497 e. The molecule has 0 aliphatic rings. The van der Waals surface area contributed by atoms with Gasteiger partial charge in [0.15, 0.2) is 5.69 Å². The third-order valence-corrected chi connectivity index (χ3v) is 4.66. The summed E-state index contributed by atoms with van der Waals surface area (Å²) in [6, 6.07) is 13.8. The standard InChI is InChI=1S/C22H27N3O2/c1-16(2)15-20-23-21(19-7-5-6-13-25(19)20)22(26)24(3)14-12-17-8-10-18(27-4)11-9-17/h5-11,13,16H,12,14-15H2,1-4H3.